The van der Waals surface area contributed by atoms with Crippen molar-refractivity contribution in [1.82, 2.24) is 5.32 Å². The maximum Gasteiger partial charge on any atom is 0.264 e. The molecule has 0 aliphatic rings. The number of rotatable bonds is 9. The average molecular weight is 493 g/mol. The summed E-state index contributed by atoms with van der Waals surface area (Å²) in [5, 5.41) is 3.02. The highest BCUT2D eigenvalue weighted by Crippen LogP contribution is 2.29. The van der Waals surface area contributed by atoms with Gasteiger partial charge in [-0.3, -0.25) is 9.10 Å². The van der Waals surface area contributed by atoms with Crippen LogP contribution in [-0.4, -0.2) is 26.9 Å². The number of benzene rings is 3. The number of carbonyl (C=O) groups is 1. The zero-order valence-electron chi connectivity index (χ0n) is 21.5. The Kier molecular flexibility index (Phi) is 8.06. The van der Waals surface area contributed by atoms with Crippen LogP contribution < -0.4 is 9.62 Å². The molecule has 35 heavy (non-hydrogen) atoms. The summed E-state index contributed by atoms with van der Waals surface area (Å²) in [6.07, 6.45) is 0.719. The van der Waals surface area contributed by atoms with Gasteiger partial charge in [0.15, 0.2) is 0 Å². The monoisotopic (exact) mass is 492 g/mol. The Morgan fingerprint density at radius 3 is 2.14 bits per heavy atom. The van der Waals surface area contributed by atoms with Gasteiger partial charge >= 0.3 is 0 Å². The maximum absolute atomic E-state index is 13.6. The van der Waals surface area contributed by atoms with Crippen molar-refractivity contribution in [1.29, 1.82) is 0 Å². The minimum atomic E-state index is -3.94. The van der Waals surface area contributed by atoms with Crippen LogP contribution >= 0.6 is 0 Å². The van der Waals surface area contributed by atoms with Gasteiger partial charge in [0.05, 0.1) is 10.6 Å². The Morgan fingerprint density at radius 2 is 1.54 bits per heavy atom. The van der Waals surface area contributed by atoms with E-state index >= 15 is 0 Å². The zero-order chi connectivity index (χ0) is 25.8. The molecule has 1 amide bonds. The minimum Gasteiger partial charge on any atom is -0.352 e. The second kappa shape index (κ2) is 10.6. The van der Waals surface area contributed by atoms with Crippen LogP contribution in [0.15, 0.2) is 77.7 Å². The normalized spacial score (nSPS) is 12.7. The van der Waals surface area contributed by atoms with Gasteiger partial charge < -0.3 is 5.32 Å². The number of nitrogens with one attached hydrogen (secondary N) is 1. The molecule has 0 radical (unpaired) electrons. The highest BCUT2D eigenvalue weighted by Gasteiger charge is 2.29. The fraction of sp³-hybridized carbons (Fsp3) is 0.345. The summed E-state index contributed by atoms with van der Waals surface area (Å²) in [4.78, 5) is 13.3. The summed E-state index contributed by atoms with van der Waals surface area (Å²) >= 11 is 0. The van der Waals surface area contributed by atoms with Crippen LogP contribution in [0.2, 0.25) is 0 Å². The van der Waals surface area contributed by atoms with Gasteiger partial charge in [0.25, 0.3) is 10.0 Å². The Hall–Kier alpha value is -3.12. The number of nitrogens with zero attached hydrogens (tertiary/aromatic N) is 1. The zero-order valence-corrected chi connectivity index (χ0v) is 22.3. The van der Waals surface area contributed by atoms with Gasteiger partial charge in [0.2, 0.25) is 5.91 Å². The van der Waals surface area contributed by atoms with Crippen molar-refractivity contribution >= 4 is 21.6 Å². The molecule has 0 saturated carbocycles. The first-order valence-electron chi connectivity index (χ1n) is 11.9. The summed E-state index contributed by atoms with van der Waals surface area (Å²) in [7, 11) is -3.94. The van der Waals surface area contributed by atoms with Gasteiger partial charge in [-0.25, -0.2) is 8.42 Å². The molecule has 1 unspecified atom stereocenters. The van der Waals surface area contributed by atoms with Crippen molar-refractivity contribution in [3.8, 4) is 0 Å². The van der Waals surface area contributed by atoms with Crippen molar-refractivity contribution < 1.29 is 13.2 Å². The molecule has 0 aromatic heterocycles. The van der Waals surface area contributed by atoms with E-state index in [9.17, 15) is 13.2 Å². The third-order valence-electron chi connectivity index (χ3n) is 6.45. The van der Waals surface area contributed by atoms with E-state index < -0.39 is 10.0 Å². The lowest BCUT2D eigenvalue weighted by molar-refractivity contribution is -0.120. The van der Waals surface area contributed by atoms with E-state index in [-0.39, 0.29) is 28.8 Å². The van der Waals surface area contributed by atoms with Gasteiger partial charge in [-0.1, -0.05) is 67.9 Å². The number of sulfonamides is 1. The summed E-state index contributed by atoms with van der Waals surface area (Å²) in [5.41, 5.74) is 4.51. The predicted molar refractivity (Wildman–Crippen MR) is 143 cm³/mol. The van der Waals surface area contributed by atoms with E-state index in [1.807, 2.05) is 58.0 Å². The molecule has 0 bridgehead atoms. The molecule has 0 spiro atoms. The molecular weight excluding hydrogens is 456 g/mol. The second-order valence-electron chi connectivity index (χ2n) is 10.0. The minimum absolute atomic E-state index is 0.138. The van der Waals surface area contributed by atoms with Crippen LogP contribution in [0.25, 0.3) is 0 Å². The summed E-state index contributed by atoms with van der Waals surface area (Å²) < 4.78 is 28.4. The molecule has 3 rings (SSSR count). The van der Waals surface area contributed by atoms with Crippen LogP contribution in [0.5, 0.6) is 0 Å². The molecule has 0 saturated heterocycles. The topological polar surface area (TPSA) is 66.5 Å². The van der Waals surface area contributed by atoms with Gasteiger partial charge in [0.1, 0.15) is 6.54 Å². The van der Waals surface area contributed by atoms with Gasteiger partial charge in [-0.05, 0) is 80.5 Å². The molecule has 186 valence electrons. The first-order chi connectivity index (χ1) is 16.4. The lowest BCUT2D eigenvalue weighted by Crippen LogP contribution is -2.45. The molecule has 6 heteroatoms. The van der Waals surface area contributed by atoms with Crippen LogP contribution in [0, 0.1) is 20.8 Å². The van der Waals surface area contributed by atoms with Crippen molar-refractivity contribution in [2.75, 3.05) is 10.8 Å². The largest absolute Gasteiger partial charge is 0.352 e. The molecule has 0 aliphatic heterocycles. The lowest BCUT2D eigenvalue weighted by Gasteiger charge is -2.30. The highest BCUT2D eigenvalue weighted by atomic mass is 32.2. The van der Waals surface area contributed by atoms with Gasteiger partial charge in [0, 0.05) is 6.04 Å². The fourth-order valence-electron chi connectivity index (χ4n) is 4.31. The number of hydrogen-bond acceptors (Lipinski definition) is 3. The molecule has 0 aliphatic carbocycles. The van der Waals surface area contributed by atoms with Crippen LogP contribution in [0.4, 0.5) is 5.69 Å². The molecule has 1 N–H and O–H groups in total. The van der Waals surface area contributed by atoms with Gasteiger partial charge in [-0.15, -0.1) is 0 Å². The molecule has 1 atom stereocenters. The average Bonchev–Trinajstić information content (AvgIpc) is 2.80. The highest BCUT2D eigenvalue weighted by molar-refractivity contribution is 7.92. The van der Waals surface area contributed by atoms with Crippen LogP contribution in [-0.2, 0) is 20.2 Å². The van der Waals surface area contributed by atoms with Crippen LogP contribution in [0.1, 0.15) is 49.4 Å². The Morgan fingerprint density at radius 1 is 0.914 bits per heavy atom. The van der Waals surface area contributed by atoms with Crippen molar-refractivity contribution in [3.05, 3.63) is 95.1 Å². The summed E-state index contributed by atoms with van der Waals surface area (Å²) in [6.45, 7) is 11.8. The maximum atomic E-state index is 13.6. The molecule has 0 heterocycles. The standard InChI is InChI=1S/C29H36N2O3S/c1-21-12-16-27(17-13-21)35(33,34)31(26-15-14-22(2)23(3)18-26)20-28(32)30-24(4)19-29(5,6)25-10-8-7-9-11-25/h7-18,24H,19-20H2,1-6H3,(H,30,32). The van der Waals surface area contributed by atoms with E-state index in [4.69, 9.17) is 0 Å². The predicted octanol–water partition coefficient (Wildman–Crippen LogP) is 5.68. The summed E-state index contributed by atoms with van der Waals surface area (Å²) in [5.74, 6) is -0.338. The lowest BCUT2D eigenvalue weighted by atomic mass is 9.79. The summed E-state index contributed by atoms with van der Waals surface area (Å²) in [6, 6.07) is 22.2. The third kappa shape index (κ3) is 6.51. The SMILES string of the molecule is Cc1ccc(S(=O)(=O)N(CC(=O)NC(C)CC(C)(C)c2ccccc2)c2ccc(C)c(C)c2)cc1. The van der Waals surface area contributed by atoms with E-state index in [2.05, 4.69) is 31.3 Å². The first-order valence-corrected chi connectivity index (χ1v) is 13.4. The molecule has 3 aromatic carbocycles. The van der Waals surface area contributed by atoms with Crippen molar-refractivity contribution in [2.24, 2.45) is 0 Å². The molecular formula is C29H36N2O3S. The number of aryl methyl sites for hydroxylation is 3. The third-order valence-corrected chi connectivity index (χ3v) is 8.24. The Labute approximate surface area is 210 Å². The van der Waals surface area contributed by atoms with Crippen molar-refractivity contribution in [2.45, 2.75) is 64.3 Å². The number of amides is 1. The Bertz CT molecular complexity index is 1270. The van der Waals surface area contributed by atoms with Crippen LogP contribution in [0.3, 0.4) is 0 Å². The second-order valence-corrected chi connectivity index (χ2v) is 11.9. The number of carbonyl (C=O) groups excluding carboxylic acids is 1. The smallest absolute Gasteiger partial charge is 0.264 e. The molecule has 0 fully saturated rings. The van der Waals surface area contributed by atoms with Crippen molar-refractivity contribution in [3.63, 3.8) is 0 Å². The fourth-order valence-corrected chi connectivity index (χ4v) is 5.72. The van der Waals surface area contributed by atoms with E-state index in [0.29, 0.717) is 5.69 Å². The van der Waals surface area contributed by atoms with Gasteiger partial charge in [-0.2, -0.15) is 0 Å². The molecule has 5 nitrogen and oxygen atoms in total. The number of anilines is 1. The Balaban J connectivity index is 1.83. The van der Waals surface area contributed by atoms with E-state index in [1.165, 1.54) is 9.87 Å². The first kappa shape index (κ1) is 26.5. The van der Waals surface area contributed by atoms with E-state index in [0.717, 1.165) is 23.1 Å². The van der Waals surface area contributed by atoms with E-state index in [1.54, 1.807) is 30.3 Å². The number of hydrogen-bond donors (Lipinski definition) is 1. The molecule has 3 aromatic rings. The quantitative estimate of drug-likeness (QED) is 0.418.